The monoisotopic (exact) mass is 481 g/mol. The summed E-state index contributed by atoms with van der Waals surface area (Å²) in [5, 5.41) is 2.17. The number of carbonyl (C=O) groups excluding carboxylic acids is 1. The van der Waals surface area contributed by atoms with E-state index in [0.717, 1.165) is 50.9 Å². The van der Waals surface area contributed by atoms with Crippen molar-refractivity contribution in [3.8, 4) is 0 Å². The van der Waals surface area contributed by atoms with Gasteiger partial charge in [-0.1, -0.05) is 72.8 Å². The molecule has 0 atom stereocenters. The minimum Gasteiger partial charge on any atom is -0.356 e. The smallest absolute Gasteiger partial charge is 0.180 e. The van der Waals surface area contributed by atoms with Crippen LogP contribution in [0.2, 0.25) is 0 Å². The first kappa shape index (κ1) is 21.6. The molecule has 6 aromatic rings. The van der Waals surface area contributed by atoms with Gasteiger partial charge in [0, 0.05) is 35.3 Å². The van der Waals surface area contributed by atoms with Crippen molar-refractivity contribution in [2.75, 3.05) is 0 Å². The lowest BCUT2D eigenvalue weighted by molar-refractivity contribution is -0.105. The number of hydrogen-bond acceptors (Lipinski definition) is 2. The third kappa shape index (κ3) is 3.15. The number of rotatable bonds is 5. The lowest BCUT2D eigenvalue weighted by Gasteiger charge is -2.36. The maximum absolute atomic E-state index is 13.0. The Hall–Kier alpha value is -4.71. The minimum absolute atomic E-state index is 0.181. The van der Waals surface area contributed by atoms with Crippen LogP contribution in [0.15, 0.2) is 133 Å². The van der Waals surface area contributed by atoms with Crippen LogP contribution in [0.3, 0.4) is 0 Å². The zero-order chi connectivity index (χ0) is 24.9. The van der Waals surface area contributed by atoms with Gasteiger partial charge in [-0.05, 0) is 35.0 Å². The fourth-order valence-electron chi connectivity index (χ4n) is 5.67. The van der Waals surface area contributed by atoms with Gasteiger partial charge in [-0.25, -0.2) is 0 Å². The number of H-pyrrole nitrogens is 2. The lowest BCUT2D eigenvalue weighted by Crippen LogP contribution is -2.57. The molecule has 5 heteroatoms. The predicted octanol–water partition coefficient (Wildman–Crippen LogP) is 6.83. The number of aromatic amines is 2. The van der Waals surface area contributed by atoms with E-state index < -0.39 is 5.54 Å². The number of nitrogens with zero attached hydrogens (tertiary/aromatic N) is 1. The van der Waals surface area contributed by atoms with Gasteiger partial charge in [0.2, 0.25) is 0 Å². The number of hydrogen-bond donors (Lipinski definition) is 3. The van der Waals surface area contributed by atoms with Crippen molar-refractivity contribution in [3.05, 3.63) is 144 Å². The Morgan fingerprint density at radius 3 is 1.51 bits per heavy atom. The van der Waals surface area contributed by atoms with Crippen LogP contribution in [0.5, 0.6) is 0 Å². The molecule has 178 valence electrons. The molecule has 37 heavy (non-hydrogen) atoms. The highest BCUT2D eigenvalue weighted by Gasteiger charge is 2.56. The van der Waals surface area contributed by atoms with Crippen molar-refractivity contribution in [1.82, 2.24) is 20.0 Å². The SMILES string of the molecule is O=CC1=C[N+](c2ccccc2)(c2ccccc2)NC1(c1cc2ccccc2[nH]1)c1cc2ccccc2[nH]1. The van der Waals surface area contributed by atoms with Gasteiger partial charge in [0.1, 0.15) is 6.20 Å². The van der Waals surface area contributed by atoms with Gasteiger partial charge in [0.15, 0.2) is 23.2 Å². The Labute approximate surface area is 214 Å². The molecule has 0 spiro atoms. The molecule has 1 aliphatic rings. The summed E-state index contributed by atoms with van der Waals surface area (Å²) in [6.45, 7) is 0. The molecule has 7 rings (SSSR count). The van der Waals surface area contributed by atoms with Crippen LogP contribution in [0.4, 0.5) is 11.4 Å². The maximum Gasteiger partial charge on any atom is 0.180 e. The molecular weight excluding hydrogens is 456 g/mol. The summed E-state index contributed by atoms with van der Waals surface area (Å²) in [6, 6.07) is 41.2. The van der Waals surface area contributed by atoms with Crippen LogP contribution < -0.4 is 10.0 Å². The second-order valence-electron chi connectivity index (χ2n) is 9.50. The van der Waals surface area contributed by atoms with E-state index in [1.54, 1.807) is 0 Å². The molecule has 1 aliphatic heterocycles. The van der Waals surface area contributed by atoms with Gasteiger partial charge in [0.25, 0.3) is 0 Å². The number of benzene rings is 4. The summed E-state index contributed by atoms with van der Waals surface area (Å²) in [6.07, 6.45) is 3.02. The lowest BCUT2D eigenvalue weighted by atomic mass is 9.85. The highest BCUT2D eigenvalue weighted by atomic mass is 16.1. The third-order valence-electron chi connectivity index (χ3n) is 7.43. The van der Waals surface area contributed by atoms with Crippen molar-refractivity contribution in [3.63, 3.8) is 0 Å². The first-order valence-electron chi connectivity index (χ1n) is 12.4. The van der Waals surface area contributed by atoms with Gasteiger partial charge in [-0.3, -0.25) is 4.79 Å². The topological polar surface area (TPSA) is 60.7 Å². The molecule has 0 fully saturated rings. The van der Waals surface area contributed by atoms with Crippen LogP contribution in [-0.2, 0) is 10.3 Å². The van der Waals surface area contributed by atoms with Crippen LogP contribution in [0, 0.1) is 0 Å². The average Bonchev–Trinajstić information content (AvgIpc) is 3.68. The molecule has 2 aromatic heterocycles. The van der Waals surface area contributed by atoms with Gasteiger partial charge in [-0.2, -0.15) is 4.59 Å². The molecular formula is C32H25N4O+. The van der Waals surface area contributed by atoms with Crippen LogP contribution in [0.1, 0.15) is 11.4 Å². The number of aldehydes is 1. The number of quaternary nitrogens is 1. The predicted molar refractivity (Wildman–Crippen MR) is 149 cm³/mol. The van der Waals surface area contributed by atoms with E-state index in [4.69, 9.17) is 0 Å². The van der Waals surface area contributed by atoms with Crippen LogP contribution >= 0.6 is 0 Å². The molecule has 0 unspecified atom stereocenters. The van der Waals surface area contributed by atoms with E-state index in [-0.39, 0.29) is 4.59 Å². The molecule has 3 heterocycles. The normalized spacial score (nSPS) is 16.2. The molecule has 0 aliphatic carbocycles. The zero-order valence-corrected chi connectivity index (χ0v) is 20.1. The Morgan fingerprint density at radius 2 is 1.05 bits per heavy atom. The molecule has 0 saturated carbocycles. The number of nitrogens with one attached hydrogen (secondary N) is 3. The Kier molecular flexibility index (Phi) is 4.76. The molecule has 0 saturated heterocycles. The molecule has 0 radical (unpaired) electrons. The Morgan fingerprint density at radius 1 is 0.595 bits per heavy atom. The van der Waals surface area contributed by atoms with E-state index in [0.29, 0.717) is 5.57 Å². The van der Waals surface area contributed by atoms with E-state index in [1.165, 1.54) is 0 Å². The molecule has 0 bridgehead atoms. The largest absolute Gasteiger partial charge is 0.356 e. The summed E-state index contributed by atoms with van der Waals surface area (Å²) in [4.78, 5) is 20.3. The number of aromatic nitrogens is 2. The summed E-state index contributed by atoms with van der Waals surface area (Å²) < 4.78 is 0.181. The molecule has 0 amide bonds. The van der Waals surface area contributed by atoms with E-state index in [9.17, 15) is 4.79 Å². The van der Waals surface area contributed by atoms with E-state index in [1.807, 2.05) is 66.9 Å². The van der Waals surface area contributed by atoms with Crippen molar-refractivity contribution >= 4 is 39.5 Å². The molecule has 3 N–H and O–H groups in total. The van der Waals surface area contributed by atoms with E-state index in [2.05, 4.69) is 76.1 Å². The van der Waals surface area contributed by atoms with Gasteiger partial charge in [-0.15, -0.1) is 5.43 Å². The standard InChI is InChI=1S/C32H25N4O/c37-22-25-21-36(26-13-3-1-4-14-26,27-15-5-2-6-16-27)35-32(25,30-19-23-11-7-9-17-28(23)33-30)31-20-24-12-8-10-18-29(24)34-31/h1-22,33-35H/q+1. The third-order valence-corrected chi connectivity index (χ3v) is 7.43. The summed E-state index contributed by atoms with van der Waals surface area (Å²) in [5.74, 6) is 0. The van der Waals surface area contributed by atoms with Crippen molar-refractivity contribution in [2.24, 2.45) is 0 Å². The number of carbonyl (C=O) groups is 1. The Balaban J connectivity index is 1.56. The number of para-hydroxylation sites is 4. The average molecular weight is 482 g/mol. The first-order valence-corrected chi connectivity index (χ1v) is 12.4. The van der Waals surface area contributed by atoms with Crippen molar-refractivity contribution in [1.29, 1.82) is 0 Å². The van der Waals surface area contributed by atoms with E-state index >= 15 is 0 Å². The van der Waals surface area contributed by atoms with Crippen molar-refractivity contribution in [2.45, 2.75) is 5.54 Å². The summed E-state index contributed by atoms with van der Waals surface area (Å²) in [5.41, 5.74) is 9.44. The fraction of sp³-hybridized carbons (Fsp3) is 0.0312. The minimum atomic E-state index is -0.967. The molecule has 4 aromatic carbocycles. The highest BCUT2D eigenvalue weighted by Crippen LogP contribution is 2.48. The van der Waals surface area contributed by atoms with Crippen LogP contribution in [-0.4, -0.2) is 16.3 Å². The van der Waals surface area contributed by atoms with Crippen molar-refractivity contribution < 1.29 is 4.79 Å². The van der Waals surface area contributed by atoms with Gasteiger partial charge >= 0.3 is 0 Å². The fourth-order valence-corrected chi connectivity index (χ4v) is 5.67. The second-order valence-corrected chi connectivity index (χ2v) is 9.50. The summed E-state index contributed by atoms with van der Waals surface area (Å²) in [7, 11) is 0. The molecule has 5 nitrogen and oxygen atoms in total. The first-order chi connectivity index (χ1) is 18.2. The highest BCUT2D eigenvalue weighted by molar-refractivity contribution is 5.89. The number of fused-ring (bicyclic) bond motifs is 2. The van der Waals surface area contributed by atoms with Crippen LogP contribution in [0.25, 0.3) is 21.8 Å². The quantitative estimate of drug-likeness (QED) is 0.187. The maximum atomic E-state index is 13.0. The Bertz CT molecular complexity index is 1600. The van der Waals surface area contributed by atoms with Gasteiger partial charge in [0.05, 0.1) is 17.0 Å². The summed E-state index contributed by atoms with van der Waals surface area (Å²) >= 11 is 0. The zero-order valence-electron chi connectivity index (χ0n) is 20.1. The van der Waals surface area contributed by atoms with Gasteiger partial charge < -0.3 is 9.97 Å². The second kappa shape index (κ2) is 8.17.